The van der Waals surface area contributed by atoms with Gasteiger partial charge in [-0.25, -0.2) is 21.9 Å². The quantitative estimate of drug-likeness (QED) is 0.632. The Morgan fingerprint density at radius 1 is 1.25 bits per heavy atom. The molecule has 2 rings (SSSR count). The zero-order valence-electron chi connectivity index (χ0n) is 14.3. The first kappa shape index (κ1) is 22.2. The van der Waals surface area contributed by atoms with Crippen LogP contribution in [0.4, 0.5) is 30.7 Å². The fraction of sp³-hybridized carbons (Fsp3) is 0.692. The van der Waals surface area contributed by atoms with E-state index in [9.17, 15) is 39.2 Å². The van der Waals surface area contributed by atoms with Crippen molar-refractivity contribution in [3.63, 3.8) is 0 Å². The highest BCUT2D eigenvalue weighted by Gasteiger charge is 2.40. The van der Waals surface area contributed by atoms with Crippen molar-refractivity contribution in [1.82, 2.24) is 9.78 Å². The Morgan fingerprint density at radius 3 is 2.29 bits per heavy atom. The number of nitrogens with zero attached hydrogens (tertiary/aromatic N) is 3. The third-order valence-corrected chi connectivity index (χ3v) is 5.04. The Kier molecular flexibility index (Phi) is 5.88. The second kappa shape index (κ2) is 7.40. The number of rotatable bonds is 6. The second-order valence-corrected chi connectivity index (χ2v) is 8.38. The summed E-state index contributed by atoms with van der Waals surface area (Å²) in [7, 11) is -4.50. The maximum absolute atomic E-state index is 13.2. The highest BCUT2D eigenvalue weighted by Crippen LogP contribution is 2.35. The lowest BCUT2D eigenvalue weighted by Gasteiger charge is -2.13. The van der Waals surface area contributed by atoms with Gasteiger partial charge < -0.3 is 9.57 Å². The Bertz CT molecular complexity index is 862. The Hall–Kier alpha value is -2.06. The van der Waals surface area contributed by atoms with Gasteiger partial charge in [-0.1, -0.05) is 5.16 Å². The van der Waals surface area contributed by atoms with Gasteiger partial charge in [0.15, 0.2) is 14.9 Å². The van der Waals surface area contributed by atoms with E-state index in [4.69, 9.17) is 4.84 Å². The van der Waals surface area contributed by atoms with Gasteiger partial charge >= 0.3 is 12.8 Å². The van der Waals surface area contributed by atoms with Gasteiger partial charge in [0.05, 0.1) is 11.3 Å². The molecule has 0 radical (unpaired) electrons. The van der Waals surface area contributed by atoms with Crippen molar-refractivity contribution in [2.45, 2.75) is 57.4 Å². The minimum Gasteiger partial charge on any atom is -0.417 e. The van der Waals surface area contributed by atoms with E-state index in [1.165, 1.54) is 13.8 Å². The molecule has 1 aliphatic heterocycles. The molecule has 0 bridgehead atoms. The van der Waals surface area contributed by atoms with E-state index < -0.39 is 69.1 Å². The van der Waals surface area contributed by atoms with Gasteiger partial charge in [-0.3, -0.25) is 0 Å². The van der Waals surface area contributed by atoms with E-state index in [0.717, 1.165) is 0 Å². The molecule has 0 unspecified atom stereocenters. The van der Waals surface area contributed by atoms with E-state index in [-0.39, 0.29) is 11.1 Å². The summed E-state index contributed by atoms with van der Waals surface area (Å²) in [5, 5.41) is 5.71. The molecular formula is C13H14F7N3O4S. The average molecular weight is 441 g/mol. The standard InChI is InChI=1S/C13H14F7N3O4S/c1-12(2)3-7(22-27-12)28(24,25)4-6-8(9(14)15)21-23(5-13(18,19)20)10(6)26-11(16)17/h9,11H,3-5H2,1-2H3. The smallest absolute Gasteiger partial charge is 0.408 e. The molecule has 160 valence electrons. The van der Waals surface area contributed by atoms with Crippen molar-refractivity contribution >= 4 is 14.9 Å². The van der Waals surface area contributed by atoms with Crippen LogP contribution in [0.3, 0.4) is 0 Å². The van der Waals surface area contributed by atoms with E-state index >= 15 is 0 Å². The molecule has 0 aliphatic carbocycles. The normalized spacial score (nSPS) is 17.2. The summed E-state index contributed by atoms with van der Waals surface area (Å²) < 4.78 is 118. The Morgan fingerprint density at radius 2 is 1.86 bits per heavy atom. The summed E-state index contributed by atoms with van der Waals surface area (Å²) >= 11 is 0. The predicted molar refractivity (Wildman–Crippen MR) is 79.7 cm³/mol. The Balaban J connectivity index is 2.51. The van der Waals surface area contributed by atoms with Crippen LogP contribution in [0.1, 0.15) is 38.0 Å². The lowest BCUT2D eigenvalue weighted by Crippen LogP contribution is -2.24. The molecule has 1 aromatic rings. The van der Waals surface area contributed by atoms with Crippen LogP contribution in [0.5, 0.6) is 5.88 Å². The molecule has 2 heterocycles. The second-order valence-electron chi connectivity index (χ2n) is 6.39. The molecule has 0 N–H and O–H groups in total. The monoisotopic (exact) mass is 441 g/mol. The third kappa shape index (κ3) is 5.26. The highest BCUT2D eigenvalue weighted by molar-refractivity contribution is 8.05. The summed E-state index contributed by atoms with van der Waals surface area (Å²) in [6.45, 7) is -2.78. The van der Waals surface area contributed by atoms with Crippen LogP contribution in [-0.4, -0.2) is 41.6 Å². The predicted octanol–water partition coefficient (Wildman–Crippen LogP) is 3.41. The van der Waals surface area contributed by atoms with Crippen LogP contribution < -0.4 is 4.74 Å². The fourth-order valence-electron chi connectivity index (χ4n) is 2.35. The number of ether oxygens (including phenoxy) is 1. The van der Waals surface area contributed by atoms with Crippen LogP contribution in [0.15, 0.2) is 5.16 Å². The number of hydrogen-bond acceptors (Lipinski definition) is 6. The molecule has 0 aromatic carbocycles. The summed E-state index contributed by atoms with van der Waals surface area (Å²) in [4.78, 5) is 4.86. The molecule has 0 atom stereocenters. The van der Waals surface area contributed by atoms with Gasteiger partial charge in [-0.05, 0) is 13.8 Å². The molecular weight excluding hydrogens is 427 g/mol. The zero-order valence-corrected chi connectivity index (χ0v) is 15.1. The topological polar surface area (TPSA) is 82.8 Å². The summed E-state index contributed by atoms with van der Waals surface area (Å²) in [5.74, 6) is -2.78. The summed E-state index contributed by atoms with van der Waals surface area (Å²) in [6, 6.07) is 0. The van der Waals surface area contributed by atoms with Crippen LogP contribution in [0.25, 0.3) is 0 Å². The van der Waals surface area contributed by atoms with Crippen LogP contribution in [0, 0.1) is 0 Å². The first-order valence-electron chi connectivity index (χ1n) is 7.48. The number of oxime groups is 1. The molecule has 15 heteroatoms. The van der Waals surface area contributed by atoms with Gasteiger partial charge in [0.25, 0.3) is 6.43 Å². The molecule has 0 amide bonds. The molecule has 0 saturated carbocycles. The van der Waals surface area contributed by atoms with Crippen LogP contribution in [0.2, 0.25) is 0 Å². The van der Waals surface area contributed by atoms with Crippen LogP contribution in [-0.2, 0) is 27.0 Å². The molecule has 0 spiro atoms. The van der Waals surface area contributed by atoms with Crippen molar-refractivity contribution in [3.05, 3.63) is 11.3 Å². The van der Waals surface area contributed by atoms with E-state index in [2.05, 4.69) is 15.0 Å². The van der Waals surface area contributed by atoms with Crippen molar-refractivity contribution in [2.75, 3.05) is 0 Å². The van der Waals surface area contributed by atoms with E-state index in [0.29, 0.717) is 0 Å². The van der Waals surface area contributed by atoms with Gasteiger partial charge in [0.1, 0.15) is 17.8 Å². The SMILES string of the molecule is CC1(C)CC(S(=O)(=O)Cc2c(C(F)F)nn(CC(F)(F)F)c2OC(F)F)=NO1. The summed E-state index contributed by atoms with van der Waals surface area (Å²) in [6.07, 6.45) is -8.81. The zero-order chi connectivity index (χ0) is 21.5. The maximum atomic E-state index is 13.2. The number of hydrogen-bond donors (Lipinski definition) is 0. The van der Waals surface area contributed by atoms with Gasteiger partial charge in [-0.2, -0.15) is 27.1 Å². The molecule has 0 saturated heterocycles. The molecule has 28 heavy (non-hydrogen) atoms. The lowest BCUT2D eigenvalue weighted by atomic mass is 10.1. The molecule has 0 fully saturated rings. The fourth-order valence-corrected chi connectivity index (χ4v) is 3.89. The van der Waals surface area contributed by atoms with Crippen LogP contribution >= 0.6 is 0 Å². The minimum absolute atomic E-state index is 0.249. The number of alkyl halides is 7. The highest BCUT2D eigenvalue weighted by atomic mass is 32.2. The maximum Gasteiger partial charge on any atom is 0.408 e. The molecule has 7 nitrogen and oxygen atoms in total. The van der Waals surface area contributed by atoms with Gasteiger partial charge in [-0.15, -0.1) is 0 Å². The first-order chi connectivity index (χ1) is 12.6. The molecule has 1 aliphatic rings. The van der Waals surface area contributed by atoms with Crippen molar-refractivity contribution in [1.29, 1.82) is 0 Å². The average Bonchev–Trinajstić information content (AvgIpc) is 2.99. The molecule has 1 aromatic heterocycles. The third-order valence-electron chi connectivity index (χ3n) is 3.43. The van der Waals surface area contributed by atoms with Crippen molar-refractivity contribution in [2.24, 2.45) is 5.16 Å². The van der Waals surface area contributed by atoms with E-state index in [1.54, 1.807) is 0 Å². The van der Waals surface area contributed by atoms with Crippen molar-refractivity contribution < 1.29 is 48.7 Å². The van der Waals surface area contributed by atoms with Gasteiger partial charge in [0.2, 0.25) is 5.88 Å². The Labute approximate surface area is 154 Å². The lowest BCUT2D eigenvalue weighted by molar-refractivity contribution is -0.146. The van der Waals surface area contributed by atoms with Crippen molar-refractivity contribution in [3.8, 4) is 5.88 Å². The minimum atomic E-state index is -5.02. The largest absolute Gasteiger partial charge is 0.417 e. The first-order valence-corrected chi connectivity index (χ1v) is 9.13. The number of aromatic nitrogens is 2. The summed E-state index contributed by atoms with van der Waals surface area (Å²) in [5.41, 5.74) is -3.54. The number of halogens is 7. The number of sulfone groups is 1. The van der Waals surface area contributed by atoms with Gasteiger partial charge in [0, 0.05) is 6.42 Å². The van der Waals surface area contributed by atoms with E-state index in [1.807, 2.05) is 0 Å².